The molecule has 1 aromatic carbocycles. The van der Waals surface area contributed by atoms with Gasteiger partial charge in [-0.2, -0.15) is 0 Å². The Kier molecular flexibility index (Phi) is 4.19. The molecule has 100 valence electrons. The van der Waals surface area contributed by atoms with Gasteiger partial charge in [-0.05, 0) is 31.0 Å². The van der Waals surface area contributed by atoms with Crippen molar-refractivity contribution in [3.63, 3.8) is 0 Å². The molecule has 0 aromatic heterocycles. The predicted molar refractivity (Wildman–Crippen MR) is 70.6 cm³/mol. The van der Waals surface area contributed by atoms with Crippen molar-refractivity contribution in [3.05, 3.63) is 28.6 Å². The quantitative estimate of drug-likeness (QED) is 0.888. The first-order valence-electron chi connectivity index (χ1n) is 6.39. The summed E-state index contributed by atoms with van der Waals surface area (Å²) < 4.78 is 19.2. The van der Waals surface area contributed by atoms with E-state index in [1.54, 1.807) is 20.1 Å². The average molecular weight is 252 g/mol. The van der Waals surface area contributed by atoms with Gasteiger partial charge in [0.15, 0.2) is 0 Å². The summed E-state index contributed by atoms with van der Waals surface area (Å²) in [6.45, 7) is 8.59. The molecule has 0 saturated carbocycles. The fourth-order valence-electron chi connectivity index (χ4n) is 2.49. The molecule has 0 amide bonds. The molecule has 0 unspecified atom stereocenters. The Hall–Kier alpha value is -1.13. The standard InChI is InChI=1S/C14H21FN2O/c1-10-12(9-17-6-4-16-5-7-17)8-13(15)11(2)14(10)18-3/h8,16H,4-7,9H2,1-3H3. The number of hydrogen-bond donors (Lipinski definition) is 1. The van der Waals surface area contributed by atoms with Crippen LogP contribution in [-0.2, 0) is 6.54 Å². The number of rotatable bonds is 3. The van der Waals surface area contributed by atoms with Crippen molar-refractivity contribution in [2.45, 2.75) is 20.4 Å². The van der Waals surface area contributed by atoms with Gasteiger partial charge in [0.1, 0.15) is 11.6 Å². The van der Waals surface area contributed by atoms with Crippen LogP contribution < -0.4 is 10.1 Å². The number of hydrogen-bond acceptors (Lipinski definition) is 3. The van der Waals surface area contributed by atoms with E-state index in [1.807, 2.05) is 6.92 Å². The molecule has 0 bridgehead atoms. The number of benzene rings is 1. The SMILES string of the molecule is COc1c(C)c(F)cc(CN2CCNCC2)c1C. The van der Waals surface area contributed by atoms with Crippen LogP contribution in [0.15, 0.2) is 6.07 Å². The van der Waals surface area contributed by atoms with E-state index in [1.165, 1.54) is 0 Å². The van der Waals surface area contributed by atoms with Crippen LogP contribution in [-0.4, -0.2) is 38.2 Å². The molecule has 1 aliphatic heterocycles. The van der Waals surface area contributed by atoms with Gasteiger partial charge in [-0.15, -0.1) is 0 Å². The van der Waals surface area contributed by atoms with E-state index in [9.17, 15) is 4.39 Å². The molecule has 1 aromatic rings. The normalized spacial score (nSPS) is 16.9. The number of nitrogens with one attached hydrogen (secondary N) is 1. The summed E-state index contributed by atoms with van der Waals surface area (Å²) in [6, 6.07) is 1.65. The van der Waals surface area contributed by atoms with Crippen LogP contribution in [0.2, 0.25) is 0 Å². The number of methoxy groups -OCH3 is 1. The van der Waals surface area contributed by atoms with Crippen LogP contribution in [0.3, 0.4) is 0 Å². The van der Waals surface area contributed by atoms with E-state index in [0.29, 0.717) is 11.3 Å². The number of piperazine rings is 1. The van der Waals surface area contributed by atoms with Crippen molar-refractivity contribution in [1.29, 1.82) is 0 Å². The molecule has 4 heteroatoms. The molecule has 1 N–H and O–H groups in total. The lowest BCUT2D eigenvalue weighted by molar-refractivity contribution is 0.232. The van der Waals surface area contributed by atoms with Crippen molar-refractivity contribution in [2.24, 2.45) is 0 Å². The zero-order chi connectivity index (χ0) is 13.1. The monoisotopic (exact) mass is 252 g/mol. The van der Waals surface area contributed by atoms with Crippen LogP contribution in [0.5, 0.6) is 5.75 Å². The van der Waals surface area contributed by atoms with E-state index < -0.39 is 0 Å². The fraction of sp³-hybridized carbons (Fsp3) is 0.571. The number of nitrogens with zero attached hydrogens (tertiary/aromatic N) is 1. The molecule has 2 rings (SSSR count). The second-order valence-corrected chi connectivity index (χ2v) is 4.83. The molecule has 0 radical (unpaired) electrons. The molecule has 3 nitrogen and oxygen atoms in total. The van der Waals surface area contributed by atoms with E-state index in [2.05, 4.69) is 10.2 Å². The van der Waals surface area contributed by atoms with Crippen LogP contribution in [0.25, 0.3) is 0 Å². The highest BCUT2D eigenvalue weighted by atomic mass is 19.1. The minimum Gasteiger partial charge on any atom is -0.496 e. The average Bonchev–Trinajstić information content (AvgIpc) is 2.38. The minimum absolute atomic E-state index is 0.178. The van der Waals surface area contributed by atoms with Gasteiger partial charge < -0.3 is 10.1 Å². The summed E-state index contributed by atoms with van der Waals surface area (Å²) in [5.74, 6) is 0.503. The topological polar surface area (TPSA) is 24.5 Å². The maximum absolute atomic E-state index is 13.9. The third-order valence-electron chi connectivity index (χ3n) is 3.63. The largest absolute Gasteiger partial charge is 0.496 e. The Morgan fingerprint density at radius 1 is 1.28 bits per heavy atom. The summed E-state index contributed by atoms with van der Waals surface area (Å²) in [7, 11) is 1.60. The van der Waals surface area contributed by atoms with Crippen molar-refractivity contribution < 1.29 is 9.13 Å². The van der Waals surface area contributed by atoms with Crippen LogP contribution in [0.4, 0.5) is 4.39 Å². The van der Waals surface area contributed by atoms with Gasteiger partial charge >= 0.3 is 0 Å². The Labute approximate surface area is 108 Å². The van der Waals surface area contributed by atoms with E-state index >= 15 is 0 Å². The van der Waals surface area contributed by atoms with Crippen LogP contribution in [0.1, 0.15) is 16.7 Å². The maximum atomic E-state index is 13.9. The van der Waals surface area contributed by atoms with Crippen LogP contribution in [0, 0.1) is 19.7 Å². The van der Waals surface area contributed by atoms with Gasteiger partial charge in [0.05, 0.1) is 7.11 Å². The zero-order valence-electron chi connectivity index (χ0n) is 11.3. The molecule has 18 heavy (non-hydrogen) atoms. The first-order valence-corrected chi connectivity index (χ1v) is 6.39. The molecule has 1 heterocycles. The second-order valence-electron chi connectivity index (χ2n) is 4.83. The van der Waals surface area contributed by atoms with Gasteiger partial charge in [-0.1, -0.05) is 0 Å². The van der Waals surface area contributed by atoms with E-state index in [0.717, 1.165) is 43.9 Å². The van der Waals surface area contributed by atoms with Crippen LogP contribution >= 0.6 is 0 Å². The Morgan fingerprint density at radius 2 is 1.94 bits per heavy atom. The van der Waals surface area contributed by atoms with Crippen molar-refractivity contribution in [2.75, 3.05) is 33.3 Å². The first kappa shape index (κ1) is 13.3. The van der Waals surface area contributed by atoms with Gasteiger partial charge in [0.2, 0.25) is 0 Å². The summed E-state index contributed by atoms with van der Waals surface area (Å²) in [4.78, 5) is 2.34. The molecule has 1 fully saturated rings. The van der Waals surface area contributed by atoms with E-state index in [4.69, 9.17) is 4.74 Å². The number of ether oxygens (including phenoxy) is 1. The molecular weight excluding hydrogens is 231 g/mol. The molecular formula is C14H21FN2O. The van der Waals surface area contributed by atoms with Gasteiger partial charge in [0, 0.05) is 38.3 Å². The van der Waals surface area contributed by atoms with E-state index in [-0.39, 0.29) is 5.82 Å². The lowest BCUT2D eigenvalue weighted by atomic mass is 10.0. The lowest BCUT2D eigenvalue weighted by Gasteiger charge is -2.28. The maximum Gasteiger partial charge on any atom is 0.130 e. The predicted octanol–water partition coefficient (Wildman–Crippen LogP) is 1.86. The zero-order valence-corrected chi connectivity index (χ0v) is 11.3. The summed E-state index contributed by atoms with van der Waals surface area (Å²) >= 11 is 0. The summed E-state index contributed by atoms with van der Waals surface area (Å²) in [5.41, 5.74) is 2.67. The molecule has 0 atom stereocenters. The Balaban J connectivity index is 2.24. The van der Waals surface area contributed by atoms with Crippen molar-refractivity contribution in [3.8, 4) is 5.75 Å². The summed E-state index contributed by atoms with van der Waals surface area (Å²) in [6.07, 6.45) is 0. The molecule has 1 saturated heterocycles. The van der Waals surface area contributed by atoms with Gasteiger partial charge in [-0.25, -0.2) is 4.39 Å². The fourth-order valence-corrected chi connectivity index (χ4v) is 2.49. The molecule has 0 spiro atoms. The molecule has 0 aliphatic carbocycles. The molecule has 1 aliphatic rings. The first-order chi connectivity index (χ1) is 8.63. The highest BCUT2D eigenvalue weighted by Gasteiger charge is 2.16. The highest BCUT2D eigenvalue weighted by molar-refractivity contribution is 5.46. The van der Waals surface area contributed by atoms with Crippen molar-refractivity contribution >= 4 is 0 Å². The lowest BCUT2D eigenvalue weighted by Crippen LogP contribution is -2.43. The number of halogens is 1. The second kappa shape index (κ2) is 5.67. The van der Waals surface area contributed by atoms with Gasteiger partial charge in [-0.3, -0.25) is 4.90 Å². The van der Waals surface area contributed by atoms with Crippen molar-refractivity contribution in [1.82, 2.24) is 10.2 Å². The Bertz CT molecular complexity index is 428. The highest BCUT2D eigenvalue weighted by Crippen LogP contribution is 2.29. The smallest absolute Gasteiger partial charge is 0.130 e. The minimum atomic E-state index is -0.178. The van der Waals surface area contributed by atoms with Gasteiger partial charge in [0.25, 0.3) is 0 Å². The Morgan fingerprint density at radius 3 is 2.56 bits per heavy atom. The third-order valence-corrected chi connectivity index (χ3v) is 3.63. The third kappa shape index (κ3) is 2.65. The summed E-state index contributed by atoms with van der Waals surface area (Å²) in [5, 5.41) is 3.32.